The van der Waals surface area contributed by atoms with E-state index in [1.54, 1.807) is 6.07 Å². The highest BCUT2D eigenvalue weighted by atomic mass is 35.5. The van der Waals surface area contributed by atoms with E-state index in [2.05, 4.69) is 0 Å². The second-order valence-electron chi connectivity index (χ2n) is 5.05. The zero-order valence-corrected chi connectivity index (χ0v) is 13.3. The van der Waals surface area contributed by atoms with Gasteiger partial charge in [0.2, 0.25) is 0 Å². The first-order valence-corrected chi connectivity index (χ1v) is 7.35. The summed E-state index contributed by atoms with van der Waals surface area (Å²) in [5.74, 6) is 0.431. The third-order valence-electron chi connectivity index (χ3n) is 3.38. The Hall–Kier alpha value is -2.13. The van der Waals surface area contributed by atoms with Crippen molar-refractivity contribution in [2.24, 2.45) is 0 Å². The molecule has 0 saturated carbocycles. The van der Waals surface area contributed by atoms with Crippen LogP contribution in [0.2, 0.25) is 5.02 Å². The van der Waals surface area contributed by atoms with Gasteiger partial charge in [0.25, 0.3) is 0 Å². The van der Waals surface area contributed by atoms with Crippen LogP contribution in [0.25, 0.3) is 11.1 Å². The zero-order chi connectivity index (χ0) is 16.1. The van der Waals surface area contributed by atoms with Crippen LogP contribution in [-0.4, -0.2) is 18.7 Å². The molecule has 2 rings (SSSR count). The van der Waals surface area contributed by atoms with Crippen molar-refractivity contribution in [1.29, 1.82) is 0 Å². The Kier molecular flexibility index (Phi) is 5.34. The number of methoxy groups -OCH3 is 1. The molecule has 0 saturated heterocycles. The fraction of sp³-hybridized carbons (Fsp3) is 0.222. The van der Waals surface area contributed by atoms with Crippen molar-refractivity contribution in [3.8, 4) is 16.9 Å². The molecule has 2 aromatic carbocycles. The van der Waals surface area contributed by atoms with E-state index in [1.165, 1.54) is 14.0 Å². The molecule has 114 valence electrons. The van der Waals surface area contributed by atoms with Gasteiger partial charge in [-0.15, -0.1) is 0 Å². The quantitative estimate of drug-likeness (QED) is 0.733. The van der Waals surface area contributed by atoms with E-state index in [0.717, 1.165) is 11.1 Å². The van der Waals surface area contributed by atoms with Gasteiger partial charge in [0.15, 0.2) is 5.78 Å². The summed E-state index contributed by atoms with van der Waals surface area (Å²) >= 11 is 5.89. The fourth-order valence-electron chi connectivity index (χ4n) is 2.17. The highest BCUT2D eigenvalue weighted by molar-refractivity contribution is 6.30. The standard InChI is InChI=1S/C18H17ClO3/c1-12(20)3-10-17(21)16-9-6-14(11-18(16)22-2)13-4-7-15(19)8-5-13/h4-9,11H,3,10H2,1-2H3. The zero-order valence-electron chi connectivity index (χ0n) is 12.6. The first-order valence-electron chi connectivity index (χ1n) is 6.98. The minimum Gasteiger partial charge on any atom is -0.496 e. The first-order chi connectivity index (χ1) is 10.5. The van der Waals surface area contributed by atoms with Gasteiger partial charge in [-0.25, -0.2) is 0 Å². The Morgan fingerprint density at radius 3 is 2.23 bits per heavy atom. The lowest BCUT2D eigenvalue weighted by molar-refractivity contribution is -0.116. The lowest BCUT2D eigenvalue weighted by atomic mass is 9.99. The molecule has 0 heterocycles. The van der Waals surface area contributed by atoms with E-state index < -0.39 is 0 Å². The van der Waals surface area contributed by atoms with Gasteiger partial charge in [-0.3, -0.25) is 4.79 Å². The third-order valence-corrected chi connectivity index (χ3v) is 3.64. The maximum absolute atomic E-state index is 12.2. The number of hydrogen-bond donors (Lipinski definition) is 0. The monoisotopic (exact) mass is 316 g/mol. The van der Waals surface area contributed by atoms with Crippen molar-refractivity contribution in [1.82, 2.24) is 0 Å². The van der Waals surface area contributed by atoms with E-state index in [1.807, 2.05) is 36.4 Å². The summed E-state index contributed by atoms with van der Waals surface area (Å²) in [7, 11) is 1.53. The number of ketones is 2. The maximum Gasteiger partial charge on any atom is 0.167 e. The van der Waals surface area contributed by atoms with E-state index >= 15 is 0 Å². The second kappa shape index (κ2) is 7.23. The number of benzene rings is 2. The SMILES string of the molecule is COc1cc(-c2ccc(Cl)cc2)ccc1C(=O)CCC(C)=O. The summed E-state index contributed by atoms with van der Waals surface area (Å²) in [6.07, 6.45) is 0.451. The molecular weight excluding hydrogens is 300 g/mol. The summed E-state index contributed by atoms with van der Waals surface area (Å²) in [5.41, 5.74) is 2.43. The Balaban J connectivity index is 2.29. The molecule has 0 bridgehead atoms. The van der Waals surface area contributed by atoms with Gasteiger partial charge >= 0.3 is 0 Å². The third kappa shape index (κ3) is 3.95. The summed E-state index contributed by atoms with van der Waals surface area (Å²) in [6, 6.07) is 12.9. The van der Waals surface area contributed by atoms with Gasteiger partial charge in [-0.2, -0.15) is 0 Å². The molecule has 0 aliphatic carbocycles. The minimum atomic E-state index is -0.0882. The van der Waals surface area contributed by atoms with Crippen LogP contribution in [-0.2, 0) is 4.79 Å². The molecule has 4 heteroatoms. The van der Waals surface area contributed by atoms with Crippen LogP contribution in [0.1, 0.15) is 30.1 Å². The van der Waals surface area contributed by atoms with Crippen molar-refractivity contribution in [2.45, 2.75) is 19.8 Å². The Morgan fingerprint density at radius 2 is 1.64 bits per heavy atom. The van der Waals surface area contributed by atoms with Crippen LogP contribution >= 0.6 is 11.6 Å². The number of carbonyl (C=O) groups is 2. The van der Waals surface area contributed by atoms with Gasteiger partial charge in [-0.1, -0.05) is 29.8 Å². The van der Waals surface area contributed by atoms with Crippen LogP contribution in [0.15, 0.2) is 42.5 Å². The second-order valence-corrected chi connectivity index (χ2v) is 5.48. The normalized spacial score (nSPS) is 10.3. The van der Waals surface area contributed by atoms with Crippen molar-refractivity contribution in [3.63, 3.8) is 0 Å². The minimum absolute atomic E-state index is 0.00472. The van der Waals surface area contributed by atoms with Crippen LogP contribution < -0.4 is 4.74 Å². The van der Waals surface area contributed by atoms with Crippen LogP contribution in [0.5, 0.6) is 5.75 Å². The summed E-state index contributed by atoms with van der Waals surface area (Å²) in [5, 5.41) is 0.673. The molecular formula is C18H17ClO3. The Bertz CT molecular complexity index is 690. The molecule has 22 heavy (non-hydrogen) atoms. The molecule has 0 amide bonds. The lowest BCUT2D eigenvalue weighted by Crippen LogP contribution is -2.04. The molecule has 0 atom stereocenters. The smallest absolute Gasteiger partial charge is 0.167 e. The molecule has 0 fully saturated rings. The van der Waals surface area contributed by atoms with Gasteiger partial charge < -0.3 is 9.53 Å². The van der Waals surface area contributed by atoms with Crippen molar-refractivity contribution in [3.05, 3.63) is 53.1 Å². The van der Waals surface area contributed by atoms with Gasteiger partial charge in [0, 0.05) is 17.9 Å². The van der Waals surface area contributed by atoms with E-state index in [0.29, 0.717) is 16.3 Å². The summed E-state index contributed by atoms with van der Waals surface area (Å²) in [4.78, 5) is 23.2. The highest BCUT2D eigenvalue weighted by Crippen LogP contribution is 2.29. The molecule has 0 radical (unpaired) electrons. The highest BCUT2D eigenvalue weighted by Gasteiger charge is 2.14. The lowest BCUT2D eigenvalue weighted by Gasteiger charge is -2.10. The van der Waals surface area contributed by atoms with Gasteiger partial charge in [-0.05, 0) is 42.3 Å². The summed E-state index contributed by atoms with van der Waals surface area (Å²) < 4.78 is 5.33. The van der Waals surface area contributed by atoms with E-state index in [4.69, 9.17) is 16.3 Å². The average Bonchev–Trinajstić information content (AvgIpc) is 2.52. The van der Waals surface area contributed by atoms with Crippen molar-refractivity contribution < 1.29 is 14.3 Å². The maximum atomic E-state index is 12.2. The molecule has 0 aliphatic heterocycles. The number of Topliss-reactive ketones (excluding diaryl/α,β-unsaturated/α-hetero) is 2. The predicted molar refractivity (Wildman–Crippen MR) is 87.7 cm³/mol. The molecule has 0 aromatic heterocycles. The number of ether oxygens (including phenoxy) is 1. The molecule has 3 nitrogen and oxygen atoms in total. The average molecular weight is 317 g/mol. The molecule has 0 N–H and O–H groups in total. The van der Waals surface area contributed by atoms with Crippen LogP contribution in [0, 0.1) is 0 Å². The van der Waals surface area contributed by atoms with E-state index in [-0.39, 0.29) is 24.4 Å². The number of halogens is 1. The Morgan fingerprint density at radius 1 is 1.00 bits per heavy atom. The number of hydrogen-bond acceptors (Lipinski definition) is 3. The van der Waals surface area contributed by atoms with Crippen molar-refractivity contribution in [2.75, 3.05) is 7.11 Å². The van der Waals surface area contributed by atoms with E-state index in [9.17, 15) is 9.59 Å². The van der Waals surface area contributed by atoms with Gasteiger partial charge in [0.1, 0.15) is 11.5 Å². The topological polar surface area (TPSA) is 43.4 Å². The first kappa shape index (κ1) is 16.2. The molecule has 2 aromatic rings. The van der Waals surface area contributed by atoms with Crippen LogP contribution in [0.3, 0.4) is 0 Å². The Labute approximate surface area is 134 Å². The molecule has 0 unspecified atom stereocenters. The van der Waals surface area contributed by atoms with Crippen molar-refractivity contribution >= 4 is 23.2 Å². The fourth-order valence-corrected chi connectivity index (χ4v) is 2.29. The predicted octanol–water partition coefficient (Wildman–Crippen LogP) is 4.57. The summed E-state index contributed by atoms with van der Waals surface area (Å²) in [6.45, 7) is 1.48. The van der Waals surface area contributed by atoms with Crippen LogP contribution in [0.4, 0.5) is 0 Å². The molecule has 0 aliphatic rings. The number of rotatable bonds is 6. The number of carbonyl (C=O) groups excluding carboxylic acids is 2. The van der Waals surface area contributed by atoms with Gasteiger partial charge in [0.05, 0.1) is 12.7 Å². The molecule has 0 spiro atoms. The largest absolute Gasteiger partial charge is 0.496 e.